The summed E-state index contributed by atoms with van der Waals surface area (Å²) in [5.74, 6) is -0.578. The summed E-state index contributed by atoms with van der Waals surface area (Å²) in [6.07, 6.45) is 0. The number of guanidine groups is 1. The average molecular weight is 364 g/mol. The Morgan fingerprint density at radius 1 is 1.27 bits per heavy atom. The maximum Gasteiger partial charge on any atom is 0.310 e. The van der Waals surface area contributed by atoms with Crippen LogP contribution in [0.25, 0.3) is 0 Å². The number of benzene rings is 1. The fourth-order valence-corrected chi connectivity index (χ4v) is 3.02. The minimum Gasteiger partial charge on any atom is -0.469 e. The highest BCUT2D eigenvalue weighted by atomic mass is 19.1. The number of rotatable bonds is 5. The van der Waals surface area contributed by atoms with Gasteiger partial charge in [-0.1, -0.05) is 19.1 Å². The SMILES string of the molecule is CN=C(NCCNC(=O)c1ccccc1F)N1CC(C)C(C(=O)OC)C1. The van der Waals surface area contributed by atoms with Gasteiger partial charge in [0.2, 0.25) is 0 Å². The van der Waals surface area contributed by atoms with Crippen LogP contribution in [-0.4, -0.2) is 63.1 Å². The number of hydrogen-bond acceptors (Lipinski definition) is 4. The molecule has 1 amide bonds. The van der Waals surface area contributed by atoms with Crippen molar-refractivity contribution >= 4 is 17.8 Å². The quantitative estimate of drug-likeness (QED) is 0.351. The minimum absolute atomic E-state index is 0.0196. The van der Waals surface area contributed by atoms with Crippen molar-refractivity contribution in [3.8, 4) is 0 Å². The van der Waals surface area contributed by atoms with Gasteiger partial charge in [0.05, 0.1) is 18.6 Å². The second-order valence-electron chi connectivity index (χ2n) is 6.22. The normalized spacial score (nSPS) is 20.0. The monoisotopic (exact) mass is 364 g/mol. The number of esters is 1. The second kappa shape index (κ2) is 9.17. The second-order valence-corrected chi connectivity index (χ2v) is 6.22. The average Bonchev–Trinajstić information content (AvgIpc) is 3.02. The Morgan fingerprint density at radius 3 is 2.62 bits per heavy atom. The van der Waals surface area contributed by atoms with E-state index < -0.39 is 11.7 Å². The highest BCUT2D eigenvalue weighted by Gasteiger charge is 2.36. The molecule has 2 N–H and O–H groups in total. The fraction of sp³-hybridized carbons (Fsp3) is 0.500. The molecule has 0 saturated carbocycles. The summed E-state index contributed by atoms with van der Waals surface area (Å²) in [7, 11) is 3.05. The molecular weight excluding hydrogens is 339 g/mol. The highest BCUT2D eigenvalue weighted by molar-refractivity contribution is 5.94. The molecule has 1 aliphatic rings. The van der Waals surface area contributed by atoms with E-state index in [-0.39, 0.29) is 23.4 Å². The van der Waals surface area contributed by atoms with E-state index in [1.54, 1.807) is 13.1 Å². The van der Waals surface area contributed by atoms with E-state index in [1.807, 2.05) is 11.8 Å². The number of amides is 1. The van der Waals surface area contributed by atoms with Gasteiger partial charge in [-0.25, -0.2) is 4.39 Å². The summed E-state index contributed by atoms with van der Waals surface area (Å²) in [4.78, 5) is 30.0. The predicted molar refractivity (Wildman–Crippen MR) is 96.3 cm³/mol. The molecule has 8 heteroatoms. The molecule has 26 heavy (non-hydrogen) atoms. The van der Waals surface area contributed by atoms with E-state index in [0.717, 1.165) is 0 Å². The van der Waals surface area contributed by atoms with Crippen LogP contribution >= 0.6 is 0 Å². The molecule has 7 nitrogen and oxygen atoms in total. The smallest absolute Gasteiger partial charge is 0.310 e. The van der Waals surface area contributed by atoms with Crippen molar-refractivity contribution in [3.05, 3.63) is 35.6 Å². The summed E-state index contributed by atoms with van der Waals surface area (Å²) in [5, 5.41) is 5.81. The first-order valence-electron chi connectivity index (χ1n) is 8.54. The Balaban J connectivity index is 1.80. The van der Waals surface area contributed by atoms with Gasteiger partial charge in [0, 0.05) is 33.2 Å². The summed E-state index contributed by atoms with van der Waals surface area (Å²) in [6.45, 7) is 3.98. The molecule has 2 atom stereocenters. The number of methoxy groups -OCH3 is 1. The van der Waals surface area contributed by atoms with Gasteiger partial charge in [-0.2, -0.15) is 0 Å². The molecule has 2 unspecified atom stereocenters. The third-order valence-corrected chi connectivity index (χ3v) is 4.44. The molecule has 0 radical (unpaired) electrons. The van der Waals surface area contributed by atoms with Crippen LogP contribution in [0.1, 0.15) is 17.3 Å². The fourth-order valence-electron chi connectivity index (χ4n) is 3.02. The maximum absolute atomic E-state index is 13.6. The van der Waals surface area contributed by atoms with E-state index in [2.05, 4.69) is 15.6 Å². The van der Waals surface area contributed by atoms with Crippen molar-refractivity contribution in [2.45, 2.75) is 6.92 Å². The molecule has 1 fully saturated rings. The predicted octanol–water partition coefficient (Wildman–Crippen LogP) is 0.872. The molecule has 0 aromatic heterocycles. The van der Waals surface area contributed by atoms with E-state index in [4.69, 9.17) is 4.74 Å². The standard InChI is InChI=1S/C18H25FN4O3/c1-12-10-23(11-14(12)17(25)26-3)18(20-2)22-9-8-21-16(24)13-6-4-5-7-15(13)19/h4-7,12,14H,8-11H2,1-3H3,(H,20,22)(H,21,24). The van der Waals surface area contributed by atoms with Gasteiger partial charge in [-0.05, 0) is 18.1 Å². The van der Waals surface area contributed by atoms with Crippen LogP contribution in [0.3, 0.4) is 0 Å². The van der Waals surface area contributed by atoms with E-state index in [9.17, 15) is 14.0 Å². The zero-order chi connectivity index (χ0) is 19.1. The molecule has 0 spiro atoms. The van der Waals surface area contributed by atoms with Crippen molar-refractivity contribution in [3.63, 3.8) is 0 Å². The number of nitrogens with zero attached hydrogens (tertiary/aromatic N) is 2. The molecule has 0 bridgehead atoms. The molecule has 1 heterocycles. The molecule has 1 saturated heterocycles. The van der Waals surface area contributed by atoms with Gasteiger partial charge in [0.25, 0.3) is 5.91 Å². The molecule has 1 aromatic carbocycles. The first-order valence-corrected chi connectivity index (χ1v) is 8.54. The van der Waals surface area contributed by atoms with Crippen LogP contribution in [0.4, 0.5) is 4.39 Å². The lowest BCUT2D eigenvalue weighted by molar-refractivity contribution is -0.145. The molecule has 1 aliphatic heterocycles. The lowest BCUT2D eigenvalue weighted by Crippen LogP contribution is -2.43. The van der Waals surface area contributed by atoms with Crippen LogP contribution in [0, 0.1) is 17.7 Å². The molecule has 1 aromatic rings. The third kappa shape index (κ3) is 4.71. The largest absolute Gasteiger partial charge is 0.469 e. The Kier molecular flexibility index (Phi) is 6.94. The Morgan fingerprint density at radius 2 is 1.96 bits per heavy atom. The van der Waals surface area contributed by atoms with Crippen LogP contribution < -0.4 is 10.6 Å². The van der Waals surface area contributed by atoms with Crippen LogP contribution in [0.15, 0.2) is 29.3 Å². The summed E-state index contributed by atoms with van der Waals surface area (Å²) in [5.41, 5.74) is 0.0196. The number of likely N-dealkylation sites (tertiary alicyclic amines) is 1. The molecule has 0 aliphatic carbocycles. The molecular formula is C18H25FN4O3. The lowest BCUT2D eigenvalue weighted by Gasteiger charge is -2.21. The number of carbonyl (C=O) groups excluding carboxylic acids is 2. The Labute approximate surface area is 152 Å². The van der Waals surface area contributed by atoms with Gasteiger partial charge in [0.1, 0.15) is 5.82 Å². The zero-order valence-corrected chi connectivity index (χ0v) is 15.3. The van der Waals surface area contributed by atoms with Gasteiger partial charge in [0.15, 0.2) is 5.96 Å². The van der Waals surface area contributed by atoms with Crippen molar-refractivity contribution in [2.75, 3.05) is 40.3 Å². The van der Waals surface area contributed by atoms with E-state index in [0.29, 0.717) is 32.1 Å². The van der Waals surface area contributed by atoms with Gasteiger partial charge in [-0.15, -0.1) is 0 Å². The number of aliphatic imine (C=N–C) groups is 1. The summed E-state index contributed by atoms with van der Waals surface area (Å²) >= 11 is 0. The summed E-state index contributed by atoms with van der Waals surface area (Å²) < 4.78 is 18.4. The number of ether oxygens (including phenoxy) is 1. The number of hydrogen-bond donors (Lipinski definition) is 2. The van der Waals surface area contributed by atoms with Crippen molar-refractivity contribution in [1.29, 1.82) is 0 Å². The van der Waals surface area contributed by atoms with Crippen molar-refractivity contribution < 1.29 is 18.7 Å². The van der Waals surface area contributed by atoms with E-state index >= 15 is 0 Å². The zero-order valence-electron chi connectivity index (χ0n) is 15.3. The number of nitrogens with one attached hydrogen (secondary N) is 2. The van der Waals surface area contributed by atoms with Gasteiger partial charge >= 0.3 is 5.97 Å². The van der Waals surface area contributed by atoms with Crippen molar-refractivity contribution in [2.24, 2.45) is 16.8 Å². The molecule has 142 valence electrons. The van der Waals surface area contributed by atoms with Crippen LogP contribution in [0.2, 0.25) is 0 Å². The highest BCUT2D eigenvalue weighted by Crippen LogP contribution is 2.23. The first-order chi connectivity index (χ1) is 12.5. The Hall–Kier alpha value is -2.64. The third-order valence-electron chi connectivity index (χ3n) is 4.44. The lowest BCUT2D eigenvalue weighted by atomic mass is 9.99. The summed E-state index contributed by atoms with van der Waals surface area (Å²) in [6, 6.07) is 5.84. The first kappa shape index (κ1) is 19.7. The van der Waals surface area contributed by atoms with E-state index in [1.165, 1.54) is 25.3 Å². The van der Waals surface area contributed by atoms with Crippen LogP contribution in [0.5, 0.6) is 0 Å². The van der Waals surface area contributed by atoms with Crippen LogP contribution in [-0.2, 0) is 9.53 Å². The minimum atomic E-state index is -0.548. The van der Waals surface area contributed by atoms with Gasteiger partial charge in [-0.3, -0.25) is 14.6 Å². The molecule has 2 rings (SSSR count). The topological polar surface area (TPSA) is 83.0 Å². The van der Waals surface area contributed by atoms with Gasteiger partial charge < -0.3 is 20.3 Å². The number of halogens is 1. The van der Waals surface area contributed by atoms with Crippen molar-refractivity contribution in [1.82, 2.24) is 15.5 Å². The maximum atomic E-state index is 13.6. The Bertz CT molecular complexity index is 680. The number of carbonyl (C=O) groups is 2.